The Hall–Kier alpha value is -2.01. The van der Waals surface area contributed by atoms with Crippen molar-refractivity contribution in [1.82, 2.24) is 0 Å². The standard InChI is InChI=1S/C22H30O5/c1-21(2)12-10-18(27-14-15-6-8-16(24-4)9-7-15)22(3)17(19(21)22)11-13-26-20(23)25-5/h6-9,11,18-19H,10,12-14H2,1-5H3/b17-11+/t18-,19+,22-/m0/s1. The molecule has 0 amide bonds. The molecule has 0 unspecified atom stereocenters. The molecule has 0 aliphatic heterocycles. The van der Waals surface area contributed by atoms with Crippen LogP contribution in [-0.4, -0.2) is 33.1 Å². The predicted octanol–water partition coefficient (Wildman–Crippen LogP) is 4.75. The number of carbonyl (C=O) groups is 1. The summed E-state index contributed by atoms with van der Waals surface area (Å²) in [6.45, 7) is 7.75. The maximum Gasteiger partial charge on any atom is 0.508 e. The molecular formula is C22H30O5. The monoisotopic (exact) mass is 374 g/mol. The first-order valence-corrected chi connectivity index (χ1v) is 9.48. The number of hydrogen-bond donors (Lipinski definition) is 0. The van der Waals surface area contributed by atoms with E-state index in [4.69, 9.17) is 14.2 Å². The normalized spacial score (nSPS) is 29.7. The molecule has 1 aromatic carbocycles. The number of hydrogen-bond acceptors (Lipinski definition) is 5. The Morgan fingerprint density at radius 1 is 1.19 bits per heavy atom. The van der Waals surface area contributed by atoms with Crippen molar-refractivity contribution in [3.05, 3.63) is 41.5 Å². The summed E-state index contributed by atoms with van der Waals surface area (Å²) in [7, 11) is 2.99. The van der Waals surface area contributed by atoms with E-state index in [0.717, 1.165) is 24.2 Å². The van der Waals surface area contributed by atoms with Crippen LogP contribution in [0.5, 0.6) is 5.75 Å². The van der Waals surface area contributed by atoms with Crippen LogP contribution in [-0.2, 0) is 20.8 Å². The Kier molecular flexibility index (Phi) is 5.52. The second-order valence-electron chi connectivity index (χ2n) is 8.32. The first-order valence-electron chi connectivity index (χ1n) is 9.48. The number of rotatable bonds is 6. The number of carbonyl (C=O) groups excluding carboxylic acids is 1. The van der Waals surface area contributed by atoms with E-state index < -0.39 is 6.16 Å². The number of benzene rings is 1. The van der Waals surface area contributed by atoms with E-state index in [1.165, 1.54) is 12.7 Å². The lowest BCUT2D eigenvalue weighted by Crippen LogP contribution is -2.35. The summed E-state index contributed by atoms with van der Waals surface area (Å²) < 4.78 is 21.2. The molecule has 0 spiro atoms. The number of fused-ring (bicyclic) bond motifs is 1. The zero-order valence-electron chi connectivity index (χ0n) is 16.9. The molecule has 0 radical (unpaired) electrons. The zero-order chi connectivity index (χ0) is 19.7. The topological polar surface area (TPSA) is 54.0 Å². The molecule has 0 aromatic heterocycles. The van der Waals surface area contributed by atoms with E-state index in [1.807, 2.05) is 30.3 Å². The van der Waals surface area contributed by atoms with Crippen molar-refractivity contribution in [3.8, 4) is 5.75 Å². The Labute approximate surface area is 161 Å². The van der Waals surface area contributed by atoms with Gasteiger partial charge in [0.25, 0.3) is 0 Å². The van der Waals surface area contributed by atoms with Gasteiger partial charge in [0.2, 0.25) is 0 Å². The highest BCUT2D eigenvalue weighted by molar-refractivity contribution is 5.59. The lowest BCUT2D eigenvalue weighted by Gasteiger charge is -2.37. The van der Waals surface area contributed by atoms with E-state index in [0.29, 0.717) is 12.5 Å². The maximum absolute atomic E-state index is 11.2. The predicted molar refractivity (Wildman–Crippen MR) is 103 cm³/mol. The molecule has 1 aromatic rings. The van der Waals surface area contributed by atoms with Gasteiger partial charge < -0.3 is 18.9 Å². The smallest absolute Gasteiger partial charge is 0.497 e. The van der Waals surface area contributed by atoms with Gasteiger partial charge in [0.1, 0.15) is 12.4 Å². The highest BCUT2D eigenvalue weighted by atomic mass is 16.7. The van der Waals surface area contributed by atoms with Gasteiger partial charge in [-0.1, -0.05) is 38.5 Å². The van der Waals surface area contributed by atoms with Gasteiger partial charge in [0.05, 0.1) is 26.9 Å². The van der Waals surface area contributed by atoms with Crippen LogP contribution < -0.4 is 4.74 Å². The summed E-state index contributed by atoms with van der Waals surface area (Å²) in [6.07, 6.45) is 3.72. The summed E-state index contributed by atoms with van der Waals surface area (Å²) in [5, 5.41) is 0. The Morgan fingerprint density at radius 3 is 2.52 bits per heavy atom. The van der Waals surface area contributed by atoms with Crippen LogP contribution in [0.4, 0.5) is 4.79 Å². The van der Waals surface area contributed by atoms with Crippen molar-refractivity contribution in [2.75, 3.05) is 20.8 Å². The highest BCUT2D eigenvalue weighted by Crippen LogP contribution is 2.72. The molecule has 27 heavy (non-hydrogen) atoms. The van der Waals surface area contributed by atoms with Crippen LogP contribution in [0.25, 0.3) is 0 Å². The van der Waals surface area contributed by atoms with Gasteiger partial charge in [-0.15, -0.1) is 0 Å². The molecule has 148 valence electrons. The van der Waals surface area contributed by atoms with Gasteiger partial charge >= 0.3 is 6.16 Å². The summed E-state index contributed by atoms with van der Waals surface area (Å²) in [4.78, 5) is 11.2. The van der Waals surface area contributed by atoms with Crippen LogP contribution in [0.15, 0.2) is 35.9 Å². The van der Waals surface area contributed by atoms with Crippen LogP contribution in [0.1, 0.15) is 39.2 Å². The quantitative estimate of drug-likeness (QED) is 0.531. The van der Waals surface area contributed by atoms with Crippen molar-refractivity contribution in [1.29, 1.82) is 0 Å². The molecule has 2 aliphatic carbocycles. The van der Waals surface area contributed by atoms with Crippen molar-refractivity contribution in [2.45, 2.75) is 46.3 Å². The molecule has 0 heterocycles. The van der Waals surface area contributed by atoms with Gasteiger partial charge in [0.15, 0.2) is 0 Å². The molecule has 0 N–H and O–H groups in total. The van der Waals surface area contributed by atoms with E-state index >= 15 is 0 Å². The Balaban J connectivity index is 1.67. The lowest BCUT2D eigenvalue weighted by molar-refractivity contribution is -0.0470. The van der Waals surface area contributed by atoms with Crippen molar-refractivity contribution < 1.29 is 23.7 Å². The second-order valence-corrected chi connectivity index (χ2v) is 8.32. The average Bonchev–Trinajstić information content (AvgIpc) is 3.28. The molecule has 2 saturated carbocycles. The number of methoxy groups -OCH3 is 2. The first kappa shape index (κ1) is 19.7. The molecule has 2 fully saturated rings. The maximum atomic E-state index is 11.2. The third-order valence-electron chi connectivity index (χ3n) is 6.23. The fourth-order valence-electron chi connectivity index (χ4n) is 4.81. The summed E-state index contributed by atoms with van der Waals surface area (Å²) in [5.41, 5.74) is 2.72. The van der Waals surface area contributed by atoms with Gasteiger partial charge in [-0.3, -0.25) is 0 Å². The molecule has 0 bridgehead atoms. The fraction of sp³-hybridized carbons (Fsp3) is 0.591. The third kappa shape index (κ3) is 3.84. The number of ether oxygens (including phenoxy) is 4. The Morgan fingerprint density at radius 2 is 1.89 bits per heavy atom. The van der Waals surface area contributed by atoms with Crippen LogP contribution in [0.3, 0.4) is 0 Å². The van der Waals surface area contributed by atoms with Gasteiger partial charge in [0, 0.05) is 5.41 Å². The molecule has 2 aliphatic rings. The summed E-state index contributed by atoms with van der Waals surface area (Å²) >= 11 is 0. The molecule has 5 nitrogen and oxygen atoms in total. The molecule has 5 heteroatoms. The second kappa shape index (κ2) is 7.55. The largest absolute Gasteiger partial charge is 0.508 e. The first-order chi connectivity index (χ1) is 12.8. The fourth-order valence-corrected chi connectivity index (χ4v) is 4.81. The SMILES string of the molecule is COC(=O)OC/C=C1\[C@@H]2C(C)(C)CC[C@H](OCc3ccc(OC)cc3)[C@]12C. The van der Waals surface area contributed by atoms with E-state index in [9.17, 15) is 4.79 Å². The third-order valence-corrected chi connectivity index (χ3v) is 6.23. The minimum Gasteiger partial charge on any atom is -0.497 e. The van der Waals surface area contributed by atoms with Gasteiger partial charge in [-0.2, -0.15) is 0 Å². The van der Waals surface area contributed by atoms with Crippen LogP contribution >= 0.6 is 0 Å². The van der Waals surface area contributed by atoms with Crippen LogP contribution in [0.2, 0.25) is 0 Å². The Bertz CT molecular complexity index is 706. The average molecular weight is 374 g/mol. The zero-order valence-corrected chi connectivity index (χ0v) is 16.9. The molecule has 0 saturated heterocycles. The summed E-state index contributed by atoms with van der Waals surface area (Å²) in [5.74, 6) is 1.31. The molecule has 3 atom stereocenters. The molecular weight excluding hydrogens is 344 g/mol. The van der Waals surface area contributed by atoms with Crippen molar-refractivity contribution in [2.24, 2.45) is 16.7 Å². The van der Waals surface area contributed by atoms with Crippen molar-refractivity contribution >= 4 is 6.16 Å². The highest BCUT2D eigenvalue weighted by Gasteiger charge is 2.68. The molecule has 3 rings (SSSR count). The van der Waals surface area contributed by atoms with Crippen LogP contribution in [0, 0.1) is 16.7 Å². The lowest BCUT2D eigenvalue weighted by atomic mass is 9.71. The van der Waals surface area contributed by atoms with E-state index in [-0.39, 0.29) is 23.5 Å². The van der Waals surface area contributed by atoms with Gasteiger partial charge in [-0.05, 0) is 47.9 Å². The van der Waals surface area contributed by atoms with E-state index in [1.54, 1.807) is 7.11 Å². The minimum atomic E-state index is -0.646. The summed E-state index contributed by atoms with van der Waals surface area (Å²) in [6, 6.07) is 8.00. The van der Waals surface area contributed by atoms with Gasteiger partial charge in [-0.25, -0.2) is 4.79 Å². The minimum absolute atomic E-state index is 0.00764. The van der Waals surface area contributed by atoms with Crippen molar-refractivity contribution in [3.63, 3.8) is 0 Å². The van der Waals surface area contributed by atoms with E-state index in [2.05, 4.69) is 25.5 Å².